The third-order valence-electron chi connectivity index (χ3n) is 4.65. The molecule has 0 radical (unpaired) electrons. The van der Waals surface area contributed by atoms with Gasteiger partial charge in [-0.15, -0.1) is 0 Å². The third-order valence-corrected chi connectivity index (χ3v) is 6.68. The van der Waals surface area contributed by atoms with Gasteiger partial charge in [-0.1, -0.05) is 46.2 Å². The van der Waals surface area contributed by atoms with E-state index in [9.17, 15) is 4.79 Å². The van der Waals surface area contributed by atoms with E-state index in [1.165, 1.54) is 52.3 Å². The van der Waals surface area contributed by atoms with Crippen LogP contribution in [0.25, 0.3) is 0 Å². The lowest BCUT2D eigenvalue weighted by atomic mass is 10.1. The van der Waals surface area contributed by atoms with Crippen LogP contribution in [0, 0.1) is 5.92 Å². The molecule has 1 aliphatic rings. The van der Waals surface area contributed by atoms with Crippen LogP contribution in [0.1, 0.15) is 46.0 Å². The van der Waals surface area contributed by atoms with Crippen molar-refractivity contribution in [3.05, 3.63) is 0 Å². The average Bonchev–Trinajstić information content (AvgIpc) is 2.50. The highest BCUT2D eigenvalue weighted by atomic mass is 28.3. The van der Waals surface area contributed by atoms with Crippen LogP contribution in [-0.2, 0) is 9.53 Å². The fourth-order valence-corrected chi connectivity index (χ4v) is 5.88. The largest absolute Gasteiger partial charge is 0.469 e. The molecule has 0 aliphatic carbocycles. The van der Waals surface area contributed by atoms with Crippen LogP contribution in [0.2, 0.25) is 13.1 Å². The smallest absolute Gasteiger partial charge is 0.309 e. The van der Waals surface area contributed by atoms with Crippen molar-refractivity contribution in [2.24, 2.45) is 5.92 Å². The van der Waals surface area contributed by atoms with Gasteiger partial charge in [0.15, 0.2) is 0 Å². The van der Waals surface area contributed by atoms with E-state index in [1.807, 2.05) is 6.92 Å². The minimum absolute atomic E-state index is 0.0275. The lowest BCUT2D eigenvalue weighted by Crippen LogP contribution is -2.60. The number of carbonyl (C=O) groups is 1. The Morgan fingerprint density at radius 2 is 1.91 bits per heavy atom. The van der Waals surface area contributed by atoms with Crippen LogP contribution < -0.4 is 0 Å². The number of unbranched alkanes of at least 4 members (excludes halogenated alkanes) is 3. The molecule has 0 aromatic rings. The molecule has 0 aromatic heterocycles. The predicted octanol–water partition coefficient (Wildman–Crippen LogP) is 2.74. The second-order valence-corrected chi connectivity index (χ2v) is 10.1. The molecule has 2 atom stereocenters. The third kappa shape index (κ3) is 6.01. The molecule has 0 bridgehead atoms. The van der Waals surface area contributed by atoms with Crippen LogP contribution in [-0.4, -0.2) is 63.6 Å². The van der Waals surface area contributed by atoms with Gasteiger partial charge in [-0.2, -0.15) is 0 Å². The van der Waals surface area contributed by atoms with Crippen molar-refractivity contribution >= 4 is 14.8 Å². The predicted molar refractivity (Wildman–Crippen MR) is 95.8 cm³/mol. The van der Waals surface area contributed by atoms with Crippen molar-refractivity contribution in [1.82, 2.24) is 9.80 Å². The molecule has 1 fully saturated rings. The molecule has 1 aliphatic heterocycles. The number of methoxy groups -OCH3 is 1. The summed E-state index contributed by atoms with van der Waals surface area (Å²) in [7, 11) is 0.664. The van der Waals surface area contributed by atoms with Crippen molar-refractivity contribution in [1.29, 1.82) is 0 Å². The van der Waals surface area contributed by atoms with Gasteiger partial charge in [-0.25, -0.2) is 0 Å². The van der Waals surface area contributed by atoms with E-state index in [0.29, 0.717) is 5.79 Å². The van der Waals surface area contributed by atoms with E-state index >= 15 is 0 Å². The average molecular weight is 329 g/mol. The van der Waals surface area contributed by atoms with E-state index in [-0.39, 0.29) is 11.9 Å². The Morgan fingerprint density at radius 1 is 1.23 bits per heavy atom. The van der Waals surface area contributed by atoms with Crippen LogP contribution in [0.3, 0.4) is 0 Å². The summed E-state index contributed by atoms with van der Waals surface area (Å²) in [6.45, 7) is 13.5. The summed E-state index contributed by atoms with van der Waals surface area (Å²) < 4.78 is 4.90. The summed E-state index contributed by atoms with van der Waals surface area (Å²) in [5.74, 6) is 0.493. The number of esters is 1. The maximum absolute atomic E-state index is 11.7. The zero-order valence-corrected chi connectivity index (χ0v) is 16.5. The van der Waals surface area contributed by atoms with E-state index in [0.717, 1.165) is 13.1 Å². The molecular weight excluding hydrogens is 292 g/mol. The van der Waals surface area contributed by atoms with Crippen LogP contribution in [0.5, 0.6) is 0 Å². The highest BCUT2D eigenvalue weighted by Crippen LogP contribution is 2.20. The molecule has 22 heavy (non-hydrogen) atoms. The molecule has 2 unspecified atom stereocenters. The molecule has 0 spiro atoms. The number of hydrogen-bond donors (Lipinski definition) is 0. The molecule has 0 N–H and O–H groups in total. The van der Waals surface area contributed by atoms with Crippen LogP contribution in [0.4, 0.5) is 0 Å². The van der Waals surface area contributed by atoms with Gasteiger partial charge in [0.25, 0.3) is 0 Å². The lowest BCUT2D eigenvalue weighted by molar-refractivity contribution is -0.146. The second kappa shape index (κ2) is 10.4. The van der Waals surface area contributed by atoms with Crippen molar-refractivity contribution < 1.29 is 9.53 Å². The normalized spacial score (nSPS) is 22.0. The second-order valence-electron chi connectivity index (χ2n) is 7.03. The van der Waals surface area contributed by atoms with Gasteiger partial charge < -0.3 is 4.74 Å². The molecular formula is C17H36N2O2Si. The SMILES string of the molecule is CCCCCCN1CCCN(CC(C)C(=O)OC)C1[SiH](C)C. The van der Waals surface area contributed by atoms with Crippen molar-refractivity contribution in [2.75, 3.05) is 33.3 Å². The summed E-state index contributed by atoms with van der Waals surface area (Å²) >= 11 is 0. The summed E-state index contributed by atoms with van der Waals surface area (Å²) in [6, 6.07) is 0. The summed E-state index contributed by atoms with van der Waals surface area (Å²) in [6.07, 6.45) is 6.52. The first kappa shape index (κ1) is 19.7. The maximum Gasteiger partial charge on any atom is 0.309 e. The Morgan fingerprint density at radius 3 is 2.50 bits per heavy atom. The number of nitrogens with zero attached hydrogens (tertiary/aromatic N) is 2. The fourth-order valence-electron chi connectivity index (χ4n) is 3.63. The highest BCUT2D eigenvalue weighted by molar-refractivity contribution is 6.57. The van der Waals surface area contributed by atoms with Gasteiger partial charge in [0.1, 0.15) is 0 Å². The van der Waals surface area contributed by atoms with Crippen molar-refractivity contribution in [2.45, 2.75) is 64.8 Å². The molecule has 1 rings (SSSR count). The summed E-state index contributed by atoms with van der Waals surface area (Å²) in [4.78, 5) is 17.0. The first-order chi connectivity index (χ1) is 10.5. The van der Waals surface area contributed by atoms with E-state index in [4.69, 9.17) is 4.74 Å². The lowest BCUT2D eigenvalue weighted by Gasteiger charge is -2.46. The summed E-state index contributed by atoms with van der Waals surface area (Å²) in [5, 5.41) is 0. The Labute approximate surface area is 138 Å². The van der Waals surface area contributed by atoms with E-state index in [1.54, 1.807) is 0 Å². The van der Waals surface area contributed by atoms with Crippen molar-refractivity contribution in [3.8, 4) is 0 Å². The fraction of sp³-hybridized carbons (Fsp3) is 0.941. The van der Waals surface area contributed by atoms with Crippen molar-refractivity contribution in [3.63, 3.8) is 0 Å². The minimum Gasteiger partial charge on any atom is -0.469 e. The quantitative estimate of drug-likeness (QED) is 0.370. The monoisotopic (exact) mass is 328 g/mol. The molecule has 0 aromatic carbocycles. The van der Waals surface area contributed by atoms with E-state index < -0.39 is 8.80 Å². The van der Waals surface area contributed by atoms with Gasteiger partial charge in [-0.3, -0.25) is 14.6 Å². The number of ether oxygens (including phenoxy) is 1. The summed E-state index contributed by atoms with van der Waals surface area (Å²) in [5.41, 5.74) is 0. The van der Waals surface area contributed by atoms with Gasteiger partial charge in [0.2, 0.25) is 0 Å². The number of hydrogen-bond acceptors (Lipinski definition) is 4. The Kier molecular flexibility index (Phi) is 9.29. The molecule has 1 heterocycles. The topological polar surface area (TPSA) is 32.8 Å². The highest BCUT2D eigenvalue weighted by Gasteiger charge is 2.33. The van der Waals surface area contributed by atoms with Gasteiger partial charge in [0, 0.05) is 25.4 Å². The minimum atomic E-state index is -0.826. The maximum atomic E-state index is 11.7. The van der Waals surface area contributed by atoms with Crippen LogP contribution >= 0.6 is 0 Å². The first-order valence-corrected chi connectivity index (χ1v) is 12.0. The van der Waals surface area contributed by atoms with Gasteiger partial charge in [-0.05, 0) is 19.4 Å². The molecule has 0 amide bonds. The van der Waals surface area contributed by atoms with Gasteiger partial charge in [0.05, 0.1) is 21.8 Å². The number of rotatable bonds is 9. The van der Waals surface area contributed by atoms with Crippen LogP contribution in [0.15, 0.2) is 0 Å². The number of carbonyl (C=O) groups excluding carboxylic acids is 1. The molecule has 4 nitrogen and oxygen atoms in total. The Hall–Kier alpha value is -0.393. The van der Waals surface area contributed by atoms with Gasteiger partial charge >= 0.3 is 5.97 Å². The first-order valence-electron chi connectivity index (χ1n) is 9.07. The molecule has 5 heteroatoms. The molecule has 1 saturated heterocycles. The Bertz CT molecular complexity index is 326. The molecule has 130 valence electrons. The Balaban J connectivity index is 2.61. The van der Waals surface area contributed by atoms with E-state index in [2.05, 4.69) is 29.8 Å². The standard InChI is InChI=1S/C17H36N2O2Si/c1-6-7-8-9-11-18-12-10-13-19(17(18)22(4)5)14-15(2)16(20)21-3/h15,17,22H,6-14H2,1-5H3. The molecule has 0 saturated carbocycles. The zero-order valence-electron chi connectivity index (χ0n) is 15.3. The zero-order chi connectivity index (χ0) is 16.5.